The zero-order chi connectivity index (χ0) is 12.7. The van der Waals surface area contributed by atoms with E-state index in [0.717, 1.165) is 13.0 Å². The van der Waals surface area contributed by atoms with Crippen LogP contribution in [0.1, 0.15) is 19.2 Å². The topological polar surface area (TPSA) is 47.0 Å². The Balaban J connectivity index is 2.21. The molecule has 0 aliphatic carbocycles. The van der Waals surface area contributed by atoms with Gasteiger partial charge in [0.15, 0.2) is 0 Å². The molecule has 1 heterocycles. The van der Waals surface area contributed by atoms with Crippen LogP contribution in [0, 0.1) is 0 Å². The molecule has 1 aromatic heterocycles. The van der Waals surface area contributed by atoms with Crippen LogP contribution in [-0.2, 0) is 11.2 Å². The van der Waals surface area contributed by atoms with Gasteiger partial charge in [0.25, 0.3) is 0 Å². The van der Waals surface area contributed by atoms with Crippen LogP contribution in [0.25, 0.3) is 0 Å². The van der Waals surface area contributed by atoms with Gasteiger partial charge in [0.05, 0.1) is 6.61 Å². The van der Waals surface area contributed by atoms with Crippen LogP contribution >= 0.6 is 11.5 Å². The molecule has 0 fully saturated rings. The SMILES string of the molecule is CCCNc1nc(CCOCC(F)(F)F)ns1. The Labute approximate surface area is 101 Å². The predicted molar refractivity (Wildman–Crippen MR) is 59.3 cm³/mol. The molecule has 0 unspecified atom stereocenters. The molecule has 0 amide bonds. The Kier molecular flexibility index (Phi) is 5.63. The number of hydrogen-bond donors (Lipinski definition) is 1. The summed E-state index contributed by atoms with van der Waals surface area (Å²) in [7, 11) is 0. The number of ether oxygens (including phenoxy) is 1. The van der Waals surface area contributed by atoms with E-state index < -0.39 is 12.8 Å². The molecule has 0 spiro atoms. The summed E-state index contributed by atoms with van der Waals surface area (Å²) in [5.41, 5.74) is 0. The van der Waals surface area contributed by atoms with E-state index in [1.54, 1.807) is 0 Å². The fourth-order valence-corrected chi connectivity index (χ4v) is 1.65. The van der Waals surface area contributed by atoms with Crippen molar-refractivity contribution < 1.29 is 17.9 Å². The number of hydrogen-bond acceptors (Lipinski definition) is 5. The minimum atomic E-state index is -4.27. The number of nitrogens with zero attached hydrogens (tertiary/aromatic N) is 2. The monoisotopic (exact) mass is 269 g/mol. The summed E-state index contributed by atoms with van der Waals surface area (Å²) in [5, 5.41) is 3.75. The van der Waals surface area contributed by atoms with E-state index in [4.69, 9.17) is 0 Å². The molecule has 0 saturated heterocycles. The van der Waals surface area contributed by atoms with Crippen molar-refractivity contribution in [2.45, 2.75) is 25.9 Å². The highest BCUT2D eigenvalue weighted by Gasteiger charge is 2.27. The van der Waals surface area contributed by atoms with Gasteiger partial charge in [-0.1, -0.05) is 6.92 Å². The summed E-state index contributed by atoms with van der Waals surface area (Å²) in [4.78, 5) is 4.12. The molecule has 1 N–H and O–H groups in total. The second-order valence-electron chi connectivity index (χ2n) is 3.36. The molecule has 0 aromatic carbocycles. The molecule has 0 saturated carbocycles. The van der Waals surface area contributed by atoms with Gasteiger partial charge in [-0.2, -0.15) is 17.5 Å². The first-order valence-corrected chi connectivity index (χ1v) is 5.99. The Morgan fingerprint density at radius 1 is 1.41 bits per heavy atom. The van der Waals surface area contributed by atoms with E-state index in [9.17, 15) is 13.2 Å². The maximum Gasteiger partial charge on any atom is 0.411 e. The first kappa shape index (κ1) is 14.2. The van der Waals surface area contributed by atoms with Crippen molar-refractivity contribution in [2.75, 3.05) is 25.1 Å². The highest BCUT2D eigenvalue weighted by Crippen LogP contribution is 2.15. The summed E-state index contributed by atoms with van der Waals surface area (Å²) < 4.78 is 43.8. The third-order valence-electron chi connectivity index (χ3n) is 1.73. The predicted octanol–water partition coefficient (Wildman–Crippen LogP) is 2.48. The Morgan fingerprint density at radius 2 is 2.18 bits per heavy atom. The Hall–Kier alpha value is -0.890. The van der Waals surface area contributed by atoms with Gasteiger partial charge in [-0.25, -0.2) is 4.98 Å². The van der Waals surface area contributed by atoms with Crippen LogP contribution in [0.15, 0.2) is 0 Å². The smallest absolute Gasteiger partial charge is 0.372 e. The lowest BCUT2D eigenvalue weighted by Crippen LogP contribution is -2.18. The standard InChI is InChI=1S/C9H14F3N3OS/c1-2-4-13-8-14-7(15-17-8)3-5-16-6-9(10,11)12/h2-6H2,1H3,(H,13,14,15). The lowest BCUT2D eigenvalue weighted by molar-refractivity contribution is -0.173. The van der Waals surface area contributed by atoms with Gasteiger partial charge in [0, 0.05) is 24.5 Å². The van der Waals surface area contributed by atoms with Crippen molar-refractivity contribution in [1.82, 2.24) is 9.36 Å². The molecule has 1 rings (SSSR count). The molecule has 0 atom stereocenters. The Bertz CT molecular complexity index is 330. The van der Waals surface area contributed by atoms with Crippen molar-refractivity contribution in [2.24, 2.45) is 0 Å². The van der Waals surface area contributed by atoms with Crippen LogP contribution in [0.5, 0.6) is 0 Å². The number of halogens is 3. The molecule has 0 bridgehead atoms. The highest BCUT2D eigenvalue weighted by atomic mass is 32.1. The molecular weight excluding hydrogens is 255 g/mol. The van der Waals surface area contributed by atoms with Gasteiger partial charge < -0.3 is 10.1 Å². The number of rotatable bonds is 7. The van der Waals surface area contributed by atoms with Crippen molar-refractivity contribution in [1.29, 1.82) is 0 Å². The molecule has 98 valence electrons. The second kappa shape index (κ2) is 6.75. The van der Waals surface area contributed by atoms with Crippen LogP contribution in [0.3, 0.4) is 0 Å². The van der Waals surface area contributed by atoms with Crippen molar-refractivity contribution >= 4 is 16.7 Å². The van der Waals surface area contributed by atoms with E-state index in [2.05, 4.69) is 19.4 Å². The molecule has 0 radical (unpaired) electrons. The summed E-state index contributed by atoms with van der Waals surface area (Å²) in [6.45, 7) is 1.58. The molecule has 1 aromatic rings. The van der Waals surface area contributed by atoms with Crippen LogP contribution in [-0.4, -0.2) is 35.3 Å². The maximum absolute atomic E-state index is 11.8. The summed E-state index contributed by atoms with van der Waals surface area (Å²) in [6, 6.07) is 0. The highest BCUT2D eigenvalue weighted by molar-refractivity contribution is 7.09. The average Bonchev–Trinajstić information content (AvgIpc) is 2.68. The summed E-state index contributed by atoms with van der Waals surface area (Å²) in [5.74, 6) is 0.510. The van der Waals surface area contributed by atoms with Crippen LogP contribution in [0.4, 0.5) is 18.3 Å². The lowest BCUT2D eigenvalue weighted by Gasteiger charge is -2.05. The van der Waals surface area contributed by atoms with E-state index in [0.29, 0.717) is 17.4 Å². The minimum Gasteiger partial charge on any atom is -0.372 e. The third-order valence-corrected chi connectivity index (χ3v) is 2.44. The summed E-state index contributed by atoms with van der Waals surface area (Å²) >= 11 is 1.20. The Morgan fingerprint density at radius 3 is 2.82 bits per heavy atom. The van der Waals surface area contributed by atoms with Crippen molar-refractivity contribution in [3.05, 3.63) is 5.82 Å². The lowest BCUT2D eigenvalue weighted by atomic mass is 10.4. The largest absolute Gasteiger partial charge is 0.411 e. The first-order chi connectivity index (χ1) is 8.01. The zero-order valence-corrected chi connectivity index (χ0v) is 10.2. The second-order valence-corrected chi connectivity index (χ2v) is 4.11. The van der Waals surface area contributed by atoms with Gasteiger partial charge >= 0.3 is 6.18 Å². The average molecular weight is 269 g/mol. The van der Waals surface area contributed by atoms with Gasteiger partial charge in [0.1, 0.15) is 12.4 Å². The number of nitrogens with one attached hydrogen (secondary N) is 1. The van der Waals surface area contributed by atoms with Crippen molar-refractivity contribution in [3.63, 3.8) is 0 Å². The summed E-state index contributed by atoms with van der Waals surface area (Å²) in [6.07, 6.45) is -3.01. The normalized spacial score (nSPS) is 11.8. The third kappa shape index (κ3) is 6.42. The van der Waals surface area contributed by atoms with Gasteiger partial charge in [-0.3, -0.25) is 0 Å². The quantitative estimate of drug-likeness (QED) is 0.772. The van der Waals surface area contributed by atoms with E-state index in [1.165, 1.54) is 11.5 Å². The number of aromatic nitrogens is 2. The van der Waals surface area contributed by atoms with Gasteiger partial charge in [-0.15, -0.1) is 0 Å². The molecular formula is C9H14F3N3OS. The van der Waals surface area contributed by atoms with E-state index >= 15 is 0 Å². The minimum absolute atomic E-state index is 0.0243. The van der Waals surface area contributed by atoms with E-state index in [1.807, 2.05) is 6.92 Å². The fourth-order valence-electron chi connectivity index (χ4n) is 1.01. The number of anilines is 1. The molecule has 8 heteroatoms. The van der Waals surface area contributed by atoms with Gasteiger partial charge in [-0.05, 0) is 6.42 Å². The number of alkyl halides is 3. The molecule has 4 nitrogen and oxygen atoms in total. The van der Waals surface area contributed by atoms with Crippen LogP contribution in [0.2, 0.25) is 0 Å². The zero-order valence-electron chi connectivity index (χ0n) is 9.38. The van der Waals surface area contributed by atoms with Gasteiger partial charge in [0.2, 0.25) is 5.13 Å². The molecule has 0 aliphatic heterocycles. The molecule has 0 aliphatic rings. The van der Waals surface area contributed by atoms with Crippen LogP contribution < -0.4 is 5.32 Å². The van der Waals surface area contributed by atoms with Crippen molar-refractivity contribution in [3.8, 4) is 0 Å². The molecule has 17 heavy (non-hydrogen) atoms. The first-order valence-electron chi connectivity index (χ1n) is 5.22. The maximum atomic E-state index is 11.8. The fraction of sp³-hybridized carbons (Fsp3) is 0.778. The van der Waals surface area contributed by atoms with E-state index in [-0.39, 0.29) is 6.61 Å².